The second kappa shape index (κ2) is 5.60. The maximum Gasteiger partial charge on any atom is 0.271 e. The van der Waals surface area contributed by atoms with Crippen LogP contribution in [-0.4, -0.2) is 22.5 Å². The van der Waals surface area contributed by atoms with Crippen molar-refractivity contribution in [2.24, 2.45) is 0 Å². The van der Waals surface area contributed by atoms with Gasteiger partial charge in [0, 0.05) is 18.2 Å². The van der Waals surface area contributed by atoms with Gasteiger partial charge in [-0.3, -0.25) is 10.1 Å². The lowest BCUT2D eigenvalue weighted by atomic mass is 10.1. The lowest BCUT2D eigenvalue weighted by Gasteiger charge is -2.24. The minimum atomic E-state index is -0.405. The lowest BCUT2D eigenvalue weighted by Crippen LogP contribution is -2.24. The van der Waals surface area contributed by atoms with Crippen molar-refractivity contribution in [2.45, 2.75) is 18.9 Å². The minimum Gasteiger partial charge on any atom is -0.381 e. The Morgan fingerprint density at radius 2 is 2.12 bits per heavy atom. The summed E-state index contributed by atoms with van der Waals surface area (Å²) >= 11 is 7.97. The van der Waals surface area contributed by atoms with Gasteiger partial charge in [0.1, 0.15) is 0 Å². The van der Waals surface area contributed by atoms with Crippen LogP contribution in [0.1, 0.15) is 12.8 Å². The fourth-order valence-electron chi connectivity index (χ4n) is 1.80. The summed E-state index contributed by atoms with van der Waals surface area (Å²) in [6, 6.07) is 4.87. The number of rotatable bonds is 3. The molecule has 1 aromatic rings. The second-order valence-corrected chi connectivity index (χ2v) is 5.58. The van der Waals surface area contributed by atoms with Crippen molar-refractivity contribution < 1.29 is 4.92 Å². The molecule has 1 N–H and O–H groups in total. The highest BCUT2D eigenvalue weighted by atomic mass is 35.5. The van der Waals surface area contributed by atoms with E-state index < -0.39 is 4.92 Å². The Morgan fingerprint density at radius 3 is 2.76 bits per heavy atom. The highest BCUT2D eigenvalue weighted by molar-refractivity contribution is 7.99. The summed E-state index contributed by atoms with van der Waals surface area (Å²) < 4.78 is 0. The first-order valence-electron chi connectivity index (χ1n) is 5.45. The van der Waals surface area contributed by atoms with Gasteiger partial charge >= 0.3 is 0 Å². The van der Waals surface area contributed by atoms with Gasteiger partial charge in [-0.1, -0.05) is 11.6 Å². The first kappa shape index (κ1) is 12.5. The van der Waals surface area contributed by atoms with Crippen molar-refractivity contribution in [1.29, 1.82) is 0 Å². The number of anilines is 1. The summed E-state index contributed by atoms with van der Waals surface area (Å²) in [5, 5.41) is 14.5. The van der Waals surface area contributed by atoms with E-state index in [-0.39, 0.29) is 5.69 Å². The molecule has 2 rings (SSSR count). The highest BCUT2D eigenvalue weighted by Gasteiger charge is 2.16. The van der Waals surface area contributed by atoms with E-state index in [2.05, 4.69) is 5.32 Å². The monoisotopic (exact) mass is 272 g/mol. The fraction of sp³-hybridized carbons (Fsp3) is 0.455. The number of hydrogen-bond acceptors (Lipinski definition) is 4. The number of nitrogens with one attached hydrogen (secondary N) is 1. The van der Waals surface area contributed by atoms with E-state index in [9.17, 15) is 10.1 Å². The quantitative estimate of drug-likeness (QED) is 0.675. The summed E-state index contributed by atoms with van der Waals surface area (Å²) in [5.41, 5.74) is 0.736. The molecule has 0 bridgehead atoms. The number of hydrogen-bond donors (Lipinski definition) is 1. The van der Waals surface area contributed by atoms with E-state index in [1.54, 1.807) is 6.07 Å². The molecule has 0 saturated carbocycles. The van der Waals surface area contributed by atoms with E-state index in [0.29, 0.717) is 16.8 Å². The van der Waals surface area contributed by atoms with Gasteiger partial charge < -0.3 is 5.32 Å². The van der Waals surface area contributed by atoms with Crippen molar-refractivity contribution in [1.82, 2.24) is 0 Å². The van der Waals surface area contributed by atoms with Crippen molar-refractivity contribution in [3.63, 3.8) is 0 Å². The molecule has 1 saturated heterocycles. The van der Waals surface area contributed by atoms with Crippen LogP contribution in [0.2, 0.25) is 5.02 Å². The summed E-state index contributed by atoms with van der Waals surface area (Å²) in [5.74, 6) is 2.26. The lowest BCUT2D eigenvalue weighted by molar-refractivity contribution is -0.384. The molecule has 0 amide bonds. The average Bonchev–Trinajstić information content (AvgIpc) is 2.33. The Morgan fingerprint density at radius 1 is 1.41 bits per heavy atom. The van der Waals surface area contributed by atoms with Crippen LogP contribution in [0.25, 0.3) is 0 Å². The normalized spacial score (nSPS) is 16.8. The smallest absolute Gasteiger partial charge is 0.271 e. The van der Waals surface area contributed by atoms with Crippen LogP contribution in [0, 0.1) is 10.1 Å². The third-order valence-electron chi connectivity index (χ3n) is 2.74. The Bertz CT molecular complexity index is 422. The summed E-state index contributed by atoms with van der Waals surface area (Å²) in [6.45, 7) is 0. The molecule has 0 aromatic heterocycles. The van der Waals surface area contributed by atoms with Gasteiger partial charge in [0.05, 0.1) is 15.6 Å². The zero-order valence-electron chi connectivity index (χ0n) is 9.19. The molecule has 0 aliphatic carbocycles. The molecule has 6 heteroatoms. The Hall–Kier alpha value is -0.940. The molecule has 0 atom stereocenters. The van der Waals surface area contributed by atoms with Gasteiger partial charge in [0.15, 0.2) is 0 Å². The van der Waals surface area contributed by atoms with Gasteiger partial charge in [0.25, 0.3) is 5.69 Å². The number of nitrogens with zero attached hydrogens (tertiary/aromatic N) is 1. The SMILES string of the molecule is O=[N+]([O-])c1ccc(Cl)c(NC2CCSCC2)c1. The van der Waals surface area contributed by atoms with E-state index in [0.717, 1.165) is 24.3 Å². The molecular formula is C11H13ClN2O2S. The third kappa shape index (κ3) is 3.26. The second-order valence-electron chi connectivity index (χ2n) is 3.95. The molecule has 0 unspecified atom stereocenters. The zero-order valence-corrected chi connectivity index (χ0v) is 10.8. The third-order valence-corrected chi connectivity index (χ3v) is 4.12. The summed E-state index contributed by atoms with van der Waals surface area (Å²) in [4.78, 5) is 10.3. The van der Waals surface area contributed by atoms with Gasteiger partial charge in [-0.15, -0.1) is 0 Å². The van der Waals surface area contributed by atoms with Crippen molar-refractivity contribution in [2.75, 3.05) is 16.8 Å². The molecule has 4 nitrogen and oxygen atoms in total. The molecule has 1 aliphatic heterocycles. The number of non-ortho nitro benzene ring substituents is 1. The number of nitro groups is 1. The van der Waals surface area contributed by atoms with Crippen LogP contribution in [0.3, 0.4) is 0 Å². The number of thioether (sulfide) groups is 1. The van der Waals surface area contributed by atoms with Crippen LogP contribution >= 0.6 is 23.4 Å². The maximum absolute atomic E-state index is 10.7. The number of benzene rings is 1. The van der Waals surface area contributed by atoms with Crippen LogP contribution in [0.5, 0.6) is 0 Å². The standard InChI is InChI=1S/C11H13ClN2O2S/c12-10-2-1-9(14(15)16)7-11(10)13-8-3-5-17-6-4-8/h1-2,7-8,13H,3-6H2. The Kier molecular flexibility index (Phi) is 4.12. The first-order valence-corrected chi connectivity index (χ1v) is 6.98. The Labute approximate surface area is 109 Å². The average molecular weight is 273 g/mol. The maximum atomic E-state index is 10.7. The highest BCUT2D eigenvalue weighted by Crippen LogP contribution is 2.29. The first-order chi connectivity index (χ1) is 8.16. The fourth-order valence-corrected chi connectivity index (χ4v) is 3.08. The molecule has 1 fully saturated rings. The van der Waals surface area contributed by atoms with Gasteiger partial charge in [0.2, 0.25) is 0 Å². The van der Waals surface area contributed by atoms with Crippen LogP contribution in [0.15, 0.2) is 18.2 Å². The molecule has 17 heavy (non-hydrogen) atoms. The predicted molar refractivity (Wildman–Crippen MR) is 72.1 cm³/mol. The van der Waals surface area contributed by atoms with E-state index in [1.807, 2.05) is 11.8 Å². The molecule has 92 valence electrons. The summed E-state index contributed by atoms with van der Waals surface area (Å²) in [7, 11) is 0. The van der Waals surface area contributed by atoms with Crippen molar-refractivity contribution in [3.05, 3.63) is 33.3 Å². The van der Waals surface area contributed by atoms with Crippen LogP contribution in [0.4, 0.5) is 11.4 Å². The largest absolute Gasteiger partial charge is 0.381 e. The molecule has 1 aliphatic rings. The number of nitro benzene ring substituents is 1. The van der Waals surface area contributed by atoms with Crippen LogP contribution in [-0.2, 0) is 0 Å². The van der Waals surface area contributed by atoms with Gasteiger partial charge in [-0.25, -0.2) is 0 Å². The van der Waals surface area contributed by atoms with Crippen molar-refractivity contribution in [3.8, 4) is 0 Å². The zero-order chi connectivity index (χ0) is 12.3. The topological polar surface area (TPSA) is 55.2 Å². The van der Waals surface area contributed by atoms with E-state index >= 15 is 0 Å². The molecule has 0 radical (unpaired) electrons. The van der Waals surface area contributed by atoms with E-state index in [4.69, 9.17) is 11.6 Å². The van der Waals surface area contributed by atoms with Crippen molar-refractivity contribution >= 4 is 34.7 Å². The molecular weight excluding hydrogens is 260 g/mol. The van der Waals surface area contributed by atoms with E-state index in [1.165, 1.54) is 12.1 Å². The minimum absolute atomic E-state index is 0.0714. The van der Waals surface area contributed by atoms with Gasteiger partial charge in [-0.05, 0) is 30.4 Å². The predicted octanol–water partition coefficient (Wildman–Crippen LogP) is 3.56. The molecule has 1 aromatic carbocycles. The van der Waals surface area contributed by atoms with Gasteiger partial charge in [-0.2, -0.15) is 11.8 Å². The Balaban J connectivity index is 2.13. The molecule has 0 spiro atoms. The van der Waals surface area contributed by atoms with Crippen LogP contribution < -0.4 is 5.32 Å². The number of halogens is 1. The molecule has 1 heterocycles. The summed E-state index contributed by atoms with van der Waals surface area (Å²) in [6.07, 6.45) is 2.15.